The van der Waals surface area contributed by atoms with Crippen molar-refractivity contribution in [2.45, 2.75) is 20.1 Å². The summed E-state index contributed by atoms with van der Waals surface area (Å²) in [5, 5.41) is 0. The Hall–Kier alpha value is -3.29. The molecule has 0 saturated carbocycles. The normalized spacial score (nSPS) is 10.9. The summed E-state index contributed by atoms with van der Waals surface area (Å²) in [6, 6.07) is 12.0. The number of rotatable bonds is 5. The first-order valence-corrected chi connectivity index (χ1v) is 7.65. The number of pyridine rings is 1. The topological polar surface area (TPSA) is 69.9 Å². The fraction of sp³-hybridized carbons (Fsp3) is 0.167. The van der Waals surface area contributed by atoms with Crippen molar-refractivity contribution in [2.24, 2.45) is 0 Å². The molecule has 3 rings (SSSR count). The second-order valence-corrected chi connectivity index (χ2v) is 5.40. The zero-order chi connectivity index (χ0) is 18.7. The van der Waals surface area contributed by atoms with Gasteiger partial charge in [0.15, 0.2) is 0 Å². The minimum atomic E-state index is -3.06. The van der Waals surface area contributed by atoms with E-state index in [9.17, 15) is 18.4 Å². The van der Waals surface area contributed by atoms with Crippen LogP contribution in [0.5, 0.6) is 5.75 Å². The molecular weight excluding hydrogens is 346 g/mol. The Balaban J connectivity index is 1.81. The van der Waals surface area contributed by atoms with Gasteiger partial charge in [-0.25, -0.2) is 9.78 Å². The Labute approximate surface area is 146 Å². The van der Waals surface area contributed by atoms with Crippen LogP contribution >= 0.6 is 0 Å². The number of alkyl halides is 2. The van der Waals surface area contributed by atoms with Gasteiger partial charge < -0.3 is 9.47 Å². The number of hydrogen-bond donors (Lipinski definition) is 0. The predicted octanol–water partition coefficient (Wildman–Crippen LogP) is 2.96. The molecular formula is C18H14F2N2O4. The molecule has 0 N–H and O–H groups in total. The first kappa shape index (κ1) is 17.5. The molecule has 3 aromatic rings. The van der Waals surface area contributed by atoms with Crippen molar-refractivity contribution >= 4 is 11.6 Å². The summed E-state index contributed by atoms with van der Waals surface area (Å²) in [5.74, 6) is -1.14. The molecule has 0 aliphatic rings. The van der Waals surface area contributed by atoms with E-state index in [-0.39, 0.29) is 29.2 Å². The highest BCUT2D eigenvalue weighted by Gasteiger charge is 2.17. The van der Waals surface area contributed by atoms with Gasteiger partial charge in [-0.2, -0.15) is 8.78 Å². The minimum Gasteiger partial charge on any atom is -0.455 e. The number of esters is 1. The van der Waals surface area contributed by atoms with E-state index in [1.165, 1.54) is 34.7 Å². The molecule has 0 spiro atoms. The number of fused-ring (bicyclic) bond motifs is 1. The SMILES string of the molecule is Cc1cccc2nc(COC(=O)c3ccccc3OC(F)F)cc(=O)n12. The third kappa shape index (κ3) is 3.69. The Bertz CT molecular complexity index is 1020. The van der Waals surface area contributed by atoms with Crippen LogP contribution in [0.25, 0.3) is 5.65 Å². The van der Waals surface area contributed by atoms with Gasteiger partial charge in [0.2, 0.25) is 0 Å². The number of benzene rings is 1. The van der Waals surface area contributed by atoms with Gasteiger partial charge in [-0.05, 0) is 31.2 Å². The molecule has 2 aromatic heterocycles. The van der Waals surface area contributed by atoms with Gasteiger partial charge in [0, 0.05) is 11.8 Å². The van der Waals surface area contributed by atoms with Gasteiger partial charge in [0.1, 0.15) is 23.6 Å². The number of nitrogens with zero attached hydrogens (tertiary/aromatic N) is 2. The predicted molar refractivity (Wildman–Crippen MR) is 88.4 cm³/mol. The van der Waals surface area contributed by atoms with Crippen LogP contribution in [0.1, 0.15) is 21.7 Å². The fourth-order valence-electron chi connectivity index (χ4n) is 2.49. The zero-order valence-electron chi connectivity index (χ0n) is 13.7. The molecule has 2 heterocycles. The Morgan fingerprint density at radius 1 is 1.19 bits per heavy atom. The lowest BCUT2D eigenvalue weighted by Gasteiger charge is -2.10. The maximum Gasteiger partial charge on any atom is 0.387 e. The molecule has 0 aliphatic carbocycles. The molecule has 8 heteroatoms. The lowest BCUT2D eigenvalue weighted by atomic mass is 10.2. The summed E-state index contributed by atoms with van der Waals surface area (Å²) in [6.07, 6.45) is 0. The number of para-hydroxylation sites is 1. The van der Waals surface area contributed by atoms with Crippen LogP contribution in [-0.2, 0) is 11.3 Å². The largest absolute Gasteiger partial charge is 0.455 e. The van der Waals surface area contributed by atoms with Crippen molar-refractivity contribution in [3.05, 3.63) is 75.8 Å². The first-order valence-electron chi connectivity index (χ1n) is 7.65. The van der Waals surface area contributed by atoms with E-state index in [0.717, 1.165) is 5.69 Å². The van der Waals surface area contributed by atoms with E-state index < -0.39 is 12.6 Å². The van der Waals surface area contributed by atoms with Crippen LogP contribution in [0.15, 0.2) is 53.3 Å². The third-order valence-electron chi connectivity index (χ3n) is 3.61. The molecule has 0 unspecified atom stereocenters. The highest BCUT2D eigenvalue weighted by atomic mass is 19.3. The third-order valence-corrected chi connectivity index (χ3v) is 3.61. The lowest BCUT2D eigenvalue weighted by molar-refractivity contribution is -0.0505. The molecule has 0 bridgehead atoms. The molecule has 0 aliphatic heterocycles. The average Bonchev–Trinajstić information content (AvgIpc) is 2.59. The number of carbonyl (C=O) groups excluding carboxylic acids is 1. The van der Waals surface area contributed by atoms with Crippen molar-refractivity contribution in [1.29, 1.82) is 0 Å². The number of ether oxygens (including phenoxy) is 2. The van der Waals surface area contributed by atoms with Crippen molar-refractivity contribution in [1.82, 2.24) is 9.38 Å². The molecule has 26 heavy (non-hydrogen) atoms. The first-order chi connectivity index (χ1) is 12.5. The molecule has 0 fully saturated rings. The van der Waals surface area contributed by atoms with Crippen molar-refractivity contribution in [3.8, 4) is 5.75 Å². The number of hydrogen-bond acceptors (Lipinski definition) is 5. The van der Waals surface area contributed by atoms with E-state index >= 15 is 0 Å². The molecule has 0 radical (unpaired) electrons. The quantitative estimate of drug-likeness (QED) is 0.655. The summed E-state index contributed by atoms with van der Waals surface area (Å²) >= 11 is 0. The summed E-state index contributed by atoms with van der Waals surface area (Å²) in [6.45, 7) is -1.56. The Morgan fingerprint density at radius 3 is 2.73 bits per heavy atom. The maximum absolute atomic E-state index is 12.4. The van der Waals surface area contributed by atoms with Crippen molar-refractivity contribution in [2.75, 3.05) is 0 Å². The van der Waals surface area contributed by atoms with E-state index in [1.807, 2.05) is 0 Å². The van der Waals surface area contributed by atoms with Gasteiger partial charge in [-0.3, -0.25) is 9.20 Å². The van der Waals surface area contributed by atoms with Crippen LogP contribution in [0.4, 0.5) is 8.78 Å². The van der Waals surface area contributed by atoms with E-state index in [1.54, 1.807) is 25.1 Å². The van der Waals surface area contributed by atoms with Crippen LogP contribution in [0.2, 0.25) is 0 Å². The zero-order valence-corrected chi connectivity index (χ0v) is 13.7. The van der Waals surface area contributed by atoms with Crippen LogP contribution in [0.3, 0.4) is 0 Å². The molecule has 1 aromatic carbocycles. The van der Waals surface area contributed by atoms with E-state index in [0.29, 0.717) is 5.65 Å². The van der Waals surface area contributed by atoms with Crippen molar-refractivity contribution < 1.29 is 23.0 Å². The number of aromatic nitrogens is 2. The maximum atomic E-state index is 12.4. The monoisotopic (exact) mass is 360 g/mol. The second-order valence-electron chi connectivity index (χ2n) is 5.40. The molecule has 134 valence electrons. The van der Waals surface area contributed by atoms with E-state index in [4.69, 9.17) is 4.74 Å². The standard InChI is InChI=1S/C18H14F2N2O4/c1-11-5-4-8-15-21-12(9-16(23)22(11)15)10-25-17(24)13-6-2-3-7-14(13)26-18(19)20/h2-9,18H,10H2,1H3. The molecule has 0 atom stereocenters. The molecule has 0 amide bonds. The number of halogens is 2. The van der Waals surface area contributed by atoms with Crippen molar-refractivity contribution in [3.63, 3.8) is 0 Å². The highest BCUT2D eigenvalue weighted by molar-refractivity contribution is 5.92. The van der Waals surface area contributed by atoms with Gasteiger partial charge in [0.25, 0.3) is 5.56 Å². The molecule has 0 saturated heterocycles. The summed E-state index contributed by atoms with van der Waals surface area (Å²) < 4.78 is 35.7. The summed E-state index contributed by atoms with van der Waals surface area (Å²) in [7, 11) is 0. The number of carbonyl (C=O) groups is 1. The summed E-state index contributed by atoms with van der Waals surface area (Å²) in [5.41, 5.74) is 0.953. The van der Waals surface area contributed by atoms with Gasteiger partial charge >= 0.3 is 12.6 Å². The van der Waals surface area contributed by atoms with Crippen LogP contribution in [0, 0.1) is 6.92 Å². The van der Waals surface area contributed by atoms with Crippen LogP contribution < -0.4 is 10.3 Å². The Morgan fingerprint density at radius 2 is 1.96 bits per heavy atom. The Kier molecular flexibility index (Phi) is 4.92. The minimum absolute atomic E-state index is 0.138. The number of aryl methyl sites for hydroxylation is 1. The lowest BCUT2D eigenvalue weighted by Crippen LogP contribution is -2.18. The fourth-order valence-corrected chi connectivity index (χ4v) is 2.49. The van der Waals surface area contributed by atoms with E-state index in [2.05, 4.69) is 9.72 Å². The highest BCUT2D eigenvalue weighted by Crippen LogP contribution is 2.21. The van der Waals surface area contributed by atoms with Gasteiger partial charge in [-0.1, -0.05) is 18.2 Å². The molecule has 6 nitrogen and oxygen atoms in total. The van der Waals surface area contributed by atoms with Gasteiger partial charge in [-0.15, -0.1) is 0 Å². The second kappa shape index (κ2) is 7.30. The van der Waals surface area contributed by atoms with Gasteiger partial charge in [0.05, 0.1) is 5.69 Å². The smallest absolute Gasteiger partial charge is 0.387 e. The summed E-state index contributed by atoms with van der Waals surface area (Å²) in [4.78, 5) is 28.6. The van der Waals surface area contributed by atoms with Crippen LogP contribution in [-0.4, -0.2) is 22.0 Å². The average molecular weight is 360 g/mol.